The number of aliphatic carboxylic acids is 2. The molecule has 3 aliphatic rings. The molecule has 29 heteroatoms. The Balaban J connectivity index is 0.000000169. The van der Waals surface area contributed by atoms with E-state index in [1.54, 1.807) is 60.9 Å². The van der Waals surface area contributed by atoms with E-state index in [0.29, 0.717) is 107 Å². The number of furan rings is 3. The van der Waals surface area contributed by atoms with Crippen LogP contribution in [-0.2, 0) is 35.4 Å². The van der Waals surface area contributed by atoms with Crippen molar-refractivity contribution in [2.75, 3.05) is 63.8 Å². The van der Waals surface area contributed by atoms with Crippen molar-refractivity contribution in [1.82, 2.24) is 49.4 Å². The molecule has 7 aromatic heterocycles. The van der Waals surface area contributed by atoms with Crippen molar-refractivity contribution in [1.29, 1.82) is 0 Å². The maximum atomic E-state index is 14.2. The molecule has 25 nitrogen and oxygen atoms in total. The van der Waals surface area contributed by atoms with Crippen LogP contribution in [0.25, 0.3) is 67.1 Å². The number of carboxylic acid groups (broad SMARTS) is 3. The fourth-order valence-electron chi connectivity index (χ4n) is 14.3. The Labute approximate surface area is 668 Å². The number of hydrogen-bond acceptors (Lipinski definition) is 17. The number of amides is 5. The quantitative estimate of drug-likeness (QED) is 0.0910. The number of carbonyl (C=O) groups is 8. The molecule has 10 heterocycles. The summed E-state index contributed by atoms with van der Waals surface area (Å²) in [6.07, 6.45) is 2.10. The number of aromatic carboxylic acids is 1. The number of benzene rings is 3. The van der Waals surface area contributed by atoms with Crippen LogP contribution in [0.15, 0.2) is 129 Å². The normalized spacial score (nSPS) is 15.6. The Bertz CT molecular complexity index is 5390. The van der Waals surface area contributed by atoms with E-state index < -0.39 is 40.3 Å². The summed E-state index contributed by atoms with van der Waals surface area (Å²) in [4.78, 5) is 132. The molecule has 0 aliphatic carbocycles. The number of halogens is 4. The fraction of sp³-hybridized carbons (Fsp3) is 0.400. The van der Waals surface area contributed by atoms with Crippen LogP contribution in [0.2, 0.25) is 10.0 Å². The Kier molecular flexibility index (Phi) is 23.8. The summed E-state index contributed by atoms with van der Waals surface area (Å²) < 4.78 is 46.2. The van der Waals surface area contributed by atoms with Crippen molar-refractivity contribution in [2.45, 2.75) is 162 Å². The van der Waals surface area contributed by atoms with Gasteiger partial charge in [0, 0.05) is 128 Å². The van der Waals surface area contributed by atoms with Crippen molar-refractivity contribution in [3.63, 3.8) is 0 Å². The minimum absolute atomic E-state index is 0.0216. The third kappa shape index (κ3) is 18.7. The molecule has 0 spiro atoms. The van der Waals surface area contributed by atoms with Gasteiger partial charge in [-0.05, 0) is 125 Å². The third-order valence-electron chi connectivity index (χ3n) is 20.4. The van der Waals surface area contributed by atoms with Gasteiger partial charge in [0.15, 0.2) is 39.7 Å². The van der Waals surface area contributed by atoms with Crippen LogP contribution in [0.4, 0.5) is 14.6 Å². The number of carboxylic acids is 3. The van der Waals surface area contributed by atoms with Gasteiger partial charge in [-0.2, -0.15) is 0 Å². The monoisotopic (exact) mass is 1600 g/mol. The van der Waals surface area contributed by atoms with Crippen LogP contribution >= 0.6 is 23.2 Å². The number of nitrogens with zero attached hydrogens (tertiary/aromatic N) is 11. The van der Waals surface area contributed by atoms with Gasteiger partial charge in [0.05, 0.1) is 64.0 Å². The molecule has 10 aromatic rings. The largest absolute Gasteiger partial charge is 0.481 e. The predicted molar refractivity (Wildman–Crippen MR) is 428 cm³/mol. The van der Waals surface area contributed by atoms with Gasteiger partial charge in [-0.25, -0.2) is 38.5 Å². The van der Waals surface area contributed by atoms with E-state index in [1.807, 2.05) is 110 Å². The molecule has 0 radical (unpaired) electrons. The second-order valence-electron chi connectivity index (χ2n) is 33.7. The lowest BCUT2D eigenvalue weighted by molar-refractivity contribution is -0.142. The average molecular weight is 1600 g/mol. The maximum Gasteiger partial charge on any atom is 0.356 e. The van der Waals surface area contributed by atoms with Crippen LogP contribution in [-0.4, -0.2) is 188 Å². The first-order chi connectivity index (χ1) is 53.3. The van der Waals surface area contributed by atoms with Crippen LogP contribution in [0.1, 0.15) is 188 Å². The van der Waals surface area contributed by atoms with Gasteiger partial charge in [-0.15, -0.1) is 0 Å². The van der Waals surface area contributed by atoms with Gasteiger partial charge < -0.3 is 58.0 Å². The molecule has 600 valence electrons. The second kappa shape index (κ2) is 32.4. The highest BCUT2D eigenvalue weighted by molar-refractivity contribution is 6.31. The van der Waals surface area contributed by atoms with Crippen LogP contribution in [0.3, 0.4) is 0 Å². The summed E-state index contributed by atoms with van der Waals surface area (Å²) in [7, 11) is 0. The van der Waals surface area contributed by atoms with Crippen LogP contribution < -0.4 is 4.90 Å². The highest BCUT2D eigenvalue weighted by atomic mass is 35.5. The fourth-order valence-corrected chi connectivity index (χ4v) is 14.6. The van der Waals surface area contributed by atoms with E-state index in [4.69, 9.17) is 61.7 Å². The summed E-state index contributed by atoms with van der Waals surface area (Å²) in [6, 6.07) is 28.9. The number of fused-ring (bicyclic) bond motifs is 3. The van der Waals surface area contributed by atoms with Crippen molar-refractivity contribution >= 4 is 110 Å². The molecule has 3 aromatic carbocycles. The molecule has 3 saturated heterocycles. The smallest absolute Gasteiger partial charge is 0.356 e. The topological polar surface area (TPSA) is 321 Å². The molecule has 5 amide bonds. The minimum atomic E-state index is -1.13. The minimum Gasteiger partial charge on any atom is -0.481 e. The Hall–Kier alpha value is -11.2. The first-order valence-electron chi connectivity index (χ1n) is 37.3. The van der Waals surface area contributed by atoms with Gasteiger partial charge in [0.2, 0.25) is 11.8 Å². The Morgan fingerprint density at radius 1 is 0.447 bits per heavy atom. The van der Waals surface area contributed by atoms with E-state index in [-0.39, 0.29) is 118 Å². The number of rotatable bonds is 14. The van der Waals surface area contributed by atoms with Gasteiger partial charge in [0.1, 0.15) is 34.0 Å². The molecule has 0 atom stereocenters. The second-order valence-corrected chi connectivity index (χ2v) is 34.6. The number of piperazine rings is 3. The molecule has 13 rings (SSSR count). The summed E-state index contributed by atoms with van der Waals surface area (Å²) >= 11 is 11.9. The standard InChI is InChI=1S/C29H30FN5O4.C28H31ClFN3O5.C28H32ClN3O5/c1-28(2,3)19-12-20(17-6-8-18(30)9-7-17)33-21-13-23(39-25(19)21)26(36)35-11-10-34(16-29(35,4)5)24-15-31-22(14-32-24)27(37)38;1-27(2,3)17-13-20(16-6-7-18(29)19(30)12-16)31-21-14-22(38-25(17)21)26(37)33-11-10-32(15-28(33,4)5)23(34)8-9-24(35)36;1-27(2,3)19-14-20(17-6-8-18(29)9-7-17)30-21-15-22(37-25(19)21)26(36)32-13-12-31(16-28(32,4)5)23(33)10-11-24(34)35/h6-9,12-15H,10-11,16H2,1-5H3,(H,37,38);6-7,12-14H,8-11,15H2,1-5H3,(H,35,36);6-9,14-15H,10-13,16H2,1-5H3,(H,34,35). The number of anilines is 1. The van der Waals surface area contributed by atoms with Gasteiger partial charge >= 0.3 is 17.9 Å². The molecule has 3 aliphatic heterocycles. The zero-order valence-corrected chi connectivity index (χ0v) is 67.9. The summed E-state index contributed by atoms with van der Waals surface area (Å²) in [6.45, 7) is 33.1. The lowest BCUT2D eigenvalue weighted by Crippen LogP contribution is -2.62. The number of carbonyl (C=O) groups excluding carboxylic acids is 5. The van der Waals surface area contributed by atoms with Crippen molar-refractivity contribution in [2.24, 2.45) is 0 Å². The molecule has 3 fully saturated rings. The molecular formula is C85H93Cl2F2N11O14. The summed E-state index contributed by atoms with van der Waals surface area (Å²) in [5.74, 6) is -4.28. The maximum absolute atomic E-state index is 14.2. The number of aromatic nitrogens is 5. The predicted octanol–water partition coefficient (Wildman–Crippen LogP) is 16.0. The number of hydrogen-bond donors (Lipinski definition) is 3. The van der Waals surface area contributed by atoms with E-state index >= 15 is 0 Å². The van der Waals surface area contributed by atoms with E-state index in [2.05, 4.69) is 56.5 Å². The lowest BCUT2D eigenvalue weighted by Gasteiger charge is -2.47. The molecule has 3 N–H and O–H groups in total. The molecular weight excluding hydrogens is 1510 g/mol. The average Bonchev–Trinajstić information content (AvgIpc) is 1.63. The van der Waals surface area contributed by atoms with E-state index in [9.17, 15) is 47.1 Å². The van der Waals surface area contributed by atoms with E-state index in [1.165, 1.54) is 36.7 Å². The van der Waals surface area contributed by atoms with Gasteiger partial charge in [0.25, 0.3) is 17.7 Å². The highest BCUT2D eigenvalue weighted by Gasteiger charge is 2.44. The van der Waals surface area contributed by atoms with Crippen molar-refractivity contribution in [3.8, 4) is 33.8 Å². The third-order valence-corrected chi connectivity index (χ3v) is 21.0. The van der Waals surface area contributed by atoms with Gasteiger partial charge in [-0.1, -0.05) is 104 Å². The molecule has 0 bridgehead atoms. The highest BCUT2D eigenvalue weighted by Crippen LogP contribution is 2.41. The van der Waals surface area contributed by atoms with Crippen LogP contribution in [0, 0.1) is 11.6 Å². The van der Waals surface area contributed by atoms with E-state index in [0.717, 1.165) is 33.5 Å². The lowest BCUT2D eigenvalue weighted by atomic mass is 9.86. The zero-order valence-electron chi connectivity index (χ0n) is 66.4. The molecule has 0 saturated carbocycles. The number of pyridine rings is 3. The van der Waals surface area contributed by atoms with Crippen LogP contribution in [0.5, 0.6) is 0 Å². The van der Waals surface area contributed by atoms with Crippen molar-refractivity contribution in [3.05, 3.63) is 177 Å². The summed E-state index contributed by atoms with van der Waals surface area (Å²) in [5, 5.41) is 27.5. The molecule has 0 unspecified atom stereocenters. The SMILES string of the molecule is CC(C)(C)c1cc(-c2ccc(Cl)c(F)c2)nc2cc(C(=O)N3CCN(C(=O)CCC(=O)O)CC3(C)C)oc12.CC(C)(C)c1cc(-c2ccc(Cl)cc2)nc2cc(C(=O)N3CCN(C(=O)CCC(=O)O)CC3(C)C)oc12.CC(C)(C)c1cc(-c2ccc(F)cc2)nc2cc(C(=O)N3CCN(c4cnc(C(=O)O)cn4)CC3(C)C)oc12. The zero-order chi connectivity index (χ0) is 83.2. The first kappa shape index (κ1) is 83.7. The van der Waals surface area contributed by atoms with Crippen molar-refractivity contribution < 1.29 is 75.7 Å². The first-order valence-corrected chi connectivity index (χ1v) is 38.1. The summed E-state index contributed by atoms with van der Waals surface area (Å²) in [5.41, 5.74) is 7.14. The van der Waals surface area contributed by atoms with Gasteiger partial charge in [-0.3, -0.25) is 33.6 Å². The molecule has 114 heavy (non-hydrogen) atoms. The Morgan fingerprint density at radius 3 is 1.16 bits per heavy atom. The Morgan fingerprint density at radius 2 is 0.816 bits per heavy atom.